The molecule has 24 heavy (non-hydrogen) atoms. The van der Waals surface area contributed by atoms with Gasteiger partial charge in [0.2, 0.25) is 0 Å². The predicted molar refractivity (Wildman–Crippen MR) is 91.9 cm³/mol. The maximum atomic E-state index is 12.4. The minimum absolute atomic E-state index is 0.0851. The first-order valence-electron chi connectivity index (χ1n) is 9.01. The van der Waals surface area contributed by atoms with Crippen molar-refractivity contribution in [1.29, 1.82) is 0 Å². The average molecular weight is 327 g/mol. The van der Waals surface area contributed by atoms with Crippen molar-refractivity contribution < 1.29 is 0 Å². The molecule has 6 heteroatoms. The fourth-order valence-corrected chi connectivity index (χ4v) is 4.01. The summed E-state index contributed by atoms with van der Waals surface area (Å²) in [5.74, 6) is 0. The Kier molecular flexibility index (Phi) is 4.22. The van der Waals surface area contributed by atoms with Crippen LogP contribution in [0.4, 0.5) is 0 Å². The Morgan fingerprint density at radius 2 is 2.08 bits per heavy atom. The van der Waals surface area contributed by atoms with Gasteiger partial charge in [-0.25, -0.2) is 9.67 Å². The molecule has 2 aliphatic carbocycles. The van der Waals surface area contributed by atoms with E-state index in [4.69, 9.17) is 0 Å². The number of rotatable bonds is 4. The molecule has 2 aromatic rings. The Balaban J connectivity index is 1.36. The highest BCUT2D eigenvalue weighted by molar-refractivity contribution is 5.22. The van der Waals surface area contributed by atoms with Crippen LogP contribution in [-0.2, 0) is 26.4 Å². The van der Waals surface area contributed by atoms with E-state index in [-0.39, 0.29) is 11.6 Å². The van der Waals surface area contributed by atoms with Gasteiger partial charge in [-0.1, -0.05) is 0 Å². The number of imidazole rings is 1. The molecule has 6 nitrogen and oxygen atoms in total. The van der Waals surface area contributed by atoms with Crippen molar-refractivity contribution in [2.45, 2.75) is 63.6 Å². The third-order valence-electron chi connectivity index (χ3n) is 5.51. The van der Waals surface area contributed by atoms with Crippen LogP contribution in [0.25, 0.3) is 0 Å². The molecule has 0 aromatic carbocycles. The summed E-state index contributed by atoms with van der Waals surface area (Å²) in [6, 6.07) is 2.60. The van der Waals surface area contributed by atoms with E-state index >= 15 is 0 Å². The topological polar surface area (TPSA) is 64.7 Å². The molecule has 4 rings (SSSR count). The third-order valence-corrected chi connectivity index (χ3v) is 5.51. The summed E-state index contributed by atoms with van der Waals surface area (Å²) in [6.45, 7) is 0.850. The zero-order chi connectivity index (χ0) is 16.5. The first kappa shape index (κ1) is 15.6. The van der Waals surface area contributed by atoms with E-state index in [0.29, 0.717) is 6.04 Å². The van der Waals surface area contributed by atoms with Crippen LogP contribution in [0, 0.1) is 0 Å². The van der Waals surface area contributed by atoms with Crippen molar-refractivity contribution in [3.8, 4) is 0 Å². The molecular weight excluding hydrogens is 302 g/mol. The summed E-state index contributed by atoms with van der Waals surface area (Å²) in [7, 11) is 2.02. The summed E-state index contributed by atoms with van der Waals surface area (Å²) >= 11 is 0. The minimum atomic E-state index is 0.0851. The van der Waals surface area contributed by atoms with Gasteiger partial charge in [0, 0.05) is 31.9 Å². The van der Waals surface area contributed by atoms with Crippen molar-refractivity contribution in [3.05, 3.63) is 45.9 Å². The van der Waals surface area contributed by atoms with Crippen molar-refractivity contribution in [2.24, 2.45) is 7.05 Å². The maximum absolute atomic E-state index is 12.4. The number of nitrogens with one attached hydrogen (secondary N) is 1. The van der Waals surface area contributed by atoms with Crippen LogP contribution in [0.1, 0.15) is 55.1 Å². The molecule has 0 atom stereocenters. The van der Waals surface area contributed by atoms with Crippen LogP contribution in [-0.4, -0.2) is 25.4 Å². The van der Waals surface area contributed by atoms with Gasteiger partial charge in [0.15, 0.2) is 0 Å². The van der Waals surface area contributed by atoms with Gasteiger partial charge in [0.05, 0.1) is 23.8 Å². The van der Waals surface area contributed by atoms with E-state index in [1.54, 1.807) is 4.68 Å². The highest BCUT2D eigenvalue weighted by atomic mass is 16.1. The second-order valence-electron chi connectivity index (χ2n) is 7.13. The van der Waals surface area contributed by atoms with Gasteiger partial charge in [-0.2, -0.15) is 5.10 Å². The number of hydrogen-bond donors (Lipinski definition) is 1. The van der Waals surface area contributed by atoms with Crippen LogP contribution >= 0.6 is 0 Å². The zero-order valence-electron chi connectivity index (χ0n) is 14.2. The molecule has 1 N–H and O–H groups in total. The third kappa shape index (κ3) is 3.02. The van der Waals surface area contributed by atoms with Gasteiger partial charge < -0.3 is 9.88 Å². The van der Waals surface area contributed by atoms with Crippen LogP contribution in [0.5, 0.6) is 0 Å². The Hall–Kier alpha value is -1.95. The summed E-state index contributed by atoms with van der Waals surface area (Å²) in [5, 5.41) is 8.30. The summed E-state index contributed by atoms with van der Waals surface area (Å²) in [5.41, 5.74) is 3.60. The lowest BCUT2D eigenvalue weighted by atomic mass is 9.91. The van der Waals surface area contributed by atoms with Crippen molar-refractivity contribution in [1.82, 2.24) is 24.6 Å². The molecule has 0 radical (unpaired) electrons. The Morgan fingerprint density at radius 1 is 1.25 bits per heavy atom. The van der Waals surface area contributed by atoms with Gasteiger partial charge >= 0.3 is 0 Å². The fourth-order valence-electron chi connectivity index (χ4n) is 4.01. The first-order chi connectivity index (χ1) is 11.7. The monoisotopic (exact) mass is 327 g/mol. The number of aromatic nitrogens is 4. The van der Waals surface area contributed by atoms with Crippen LogP contribution in [0.2, 0.25) is 0 Å². The lowest BCUT2D eigenvalue weighted by molar-refractivity contribution is 0.266. The highest BCUT2D eigenvalue weighted by Crippen LogP contribution is 2.28. The molecule has 2 aliphatic rings. The molecule has 2 aromatic heterocycles. The Morgan fingerprint density at radius 3 is 2.83 bits per heavy atom. The van der Waals surface area contributed by atoms with Crippen molar-refractivity contribution in [3.63, 3.8) is 0 Å². The largest absolute Gasteiger partial charge is 0.337 e. The van der Waals surface area contributed by atoms with Gasteiger partial charge in [-0.3, -0.25) is 4.79 Å². The van der Waals surface area contributed by atoms with Gasteiger partial charge in [0.25, 0.3) is 5.56 Å². The molecule has 0 saturated heterocycles. The molecule has 0 aliphatic heterocycles. The Labute approximate surface area is 141 Å². The van der Waals surface area contributed by atoms with Gasteiger partial charge in [-0.15, -0.1) is 0 Å². The second-order valence-corrected chi connectivity index (χ2v) is 7.13. The number of fused-ring (bicyclic) bond motifs is 1. The van der Waals surface area contributed by atoms with Gasteiger partial charge in [-0.05, 0) is 50.5 Å². The molecule has 0 spiro atoms. The van der Waals surface area contributed by atoms with Gasteiger partial charge in [0.1, 0.15) is 0 Å². The summed E-state index contributed by atoms with van der Waals surface area (Å²) in [4.78, 5) is 16.5. The lowest BCUT2D eigenvalue weighted by Crippen LogP contribution is -2.37. The quantitative estimate of drug-likeness (QED) is 0.929. The molecular formula is C18H25N5O. The van der Waals surface area contributed by atoms with E-state index < -0.39 is 0 Å². The van der Waals surface area contributed by atoms with E-state index in [9.17, 15) is 4.79 Å². The molecule has 1 fully saturated rings. The second kappa shape index (κ2) is 6.51. The average Bonchev–Trinajstić information content (AvgIpc) is 3.21. The first-order valence-corrected chi connectivity index (χ1v) is 9.01. The highest BCUT2D eigenvalue weighted by Gasteiger charge is 2.25. The summed E-state index contributed by atoms with van der Waals surface area (Å²) in [6.07, 6.45) is 11.1. The number of aryl methyl sites for hydroxylation is 3. The molecule has 128 valence electrons. The number of hydrogen-bond acceptors (Lipinski definition) is 4. The molecule has 0 bridgehead atoms. The van der Waals surface area contributed by atoms with E-state index in [0.717, 1.165) is 57.2 Å². The standard InChI is InChI=1S/C18H25N5O/c1-22-12-19-10-16(22)11-20-14-5-7-15(8-6-14)23-18(24)9-13-3-2-4-17(13)21-23/h9-10,12,14-15,20H,2-8,11H2,1H3. The van der Waals surface area contributed by atoms with Crippen LogP contribution in [0.3, 0.4) is 0 Å². The van der Waals surface area contributed by atoms with Crippen molar-refractivity contribution in [2.75, 3.05) is 0 Å². The van der Waals surface area contributed by atoms with Crippen LogP contribution in [0.15, 0.2) is 23.4 Å². The molecule has 0 unspecified atom stereocenters. The Bertz CT molecular complexity index is 770. The SMILES string of the molecule is Cn1cncc1CNC1CCC(n2nc3c(cc2=O)CCC3)CC1. The number of nitrogens with zero attached hydrogens (tertiary/aromatic N) is 4. The predicted octanol–water partition coefficient (Wildman–Crippen LogP) is 1.74. The molecule has 1 saturated carbocycles. The molecule has 2 heterocycles. The maximum Gasteiger partial charge on any atom is 0.267 e. The normalized spacial score (nSPS) is 23.4. The zero-order valence-corrected chi connectivity index (χ0v) is 14.2. The van der Waals surface area contributed by atoms with Crippen molar-refractivity contribution >= 4 is 0 Å². The van der Waals surface area contributed by atoms with E-state index in [1.807, 2.05) is 30.2 Å². The van der Waals surface area contributed by atoms with E-state index in [2.05, 4.69) is 15.4 Å². The smallest absolute Gasteiger partial charge is 0.267 e. The van der Waals surface area contributed by atoms with Crippen LogP contribution < -0.4 is 10.9 Å². The fraction of sp³-hybridized carbons (Fsp3) is 0.611. The lowest BCUT2D eigenvalue weighted by Gasteiger charge is -2.29. The van der Waals surface area contributed by atoms with E-state index in [1.165, 1.54) is 11.3 Å². The minimum Gasteiger partial charge on any atom is -0.337 e. The summed E-state index contributed by atoms with van der Waals surface area (Å²) < 4.78 is 3.81. The molecule has 0 amide bonds.